The highest BCUT2D eigenvalue weighted by atomic mass is 16.2. The summed E-state index contributed by atoms with van der Waals surface area (Å²) in [5.74, 6) is 0.305. The Morgan fingerprint density at radius 2 is 1.58 bits per heavy atom. The van der Waals surface area contributed by atoms with Gasteiger partial charge in [-0.2, -0.15) is 0 Å². The molecule has 2 aliphatic rings. The first-order valence-electron chi connectivity index (χ1n) is 9.24. The van der Waals surface area contributed by atoms with Crippen LogP contribution in [-0.4, -0.2) is 85.6 Å². The third-order valence-electron chi connectivity index (χ3n) is 5.47. The number of anilines is 1. The van der Waals surface area contributed by atoms with Crippen molar-refractivity contribution in [3.63, 3.8) is 0 Å². The van der Waals surface area contributed by atoms with Crippen molar-refractivity contribution < 1.29 is 4.79 Å². The Balaban J connectivity index is 1.50. The van der Waals surface area contributed by atoms with E-state index in [1.807, 2.05) is 0 Å². The first-order valence-corrected chi connectivity index (χ1v) is 9.24. The Morgan fingerprint density at radius 1 is 0.958 bits per heavy atom. The largest absolute Gasteiger partial charge is 0.369 e. The Hall–Kier alpha value is -1.59. The molecule has 0 spiro atoms. The van der Waals surface area contributed by atoms with Gasteiger partial charge in [-0.25, -0.2) is 0 Å². The van der Waals surface area contributed by atoms with Gasteiger partial charge in [-0.3, -0.25) is 9.69 Å². The zero-order chi connectivity index (χ0) is 16.9. The number of rotatable bonds is 4. The Morgan fingerprint density at radius 3 is 2.17 bits per heavy atom. The van der Waals surface area contributed by atoms with Crippen molar-refractivity contribution in [1.29, 1.82) is 0 Å². The first-order chi connectivity index (χ1) is 11.7. The van der Waals surface area contributed by atoms with Crippen LogP contribution in [0.25, 0.3) is 0 Å². The summed E-state index contributed by atoms with van der Waals surface area (Å²) in [5, 5.41) is 0. The van der Waals surface area contributed by atoms with Crippen LogP contribution in [0.5, 0.6) is 0 Å². The van der Waals surface area contributed by atoms with Gasteiger partial charge in [0.1, 0.15) is 0 Å². The van der Waals surface area contributed by atoms with Crippen LogP contribution in [0, 0.1) is 0 Å². The second-order valence-corrected chi connectivity index (χ2v) is 6.79. The highest BCUT2D eigenvalue weighted by Gasteiger charge is 2.30. The lowest BCUT2D eigenvalue weighted by Gasteiger charge is -2.41. The molecular weight excluding hydrogens is 300 g/mol. The Kier molecular flexibility index (Phi) is 5.74. The minimum absolute atomic E-state index is 0.00361. The van der Waals surface area contributed by atoms with Gasteiger partial charge >= 0.3 is 0 Å². The molecule has 2 saturated heterocycles. The molecule has 24 heavy (non-hydrogen) atoms. The van der Waals surface area contributed by atoms with Crippen LogP contribution in [0.3, 0.4) is 0 Å². The molecule has 1 amide bonds. The van der Waals surface area contributed by atoms with E-state index < -0.39 is 0 Å². The first kappa shape index (κ1) is 17.2. The van der Waals surface area contributed by atoms with Gasteiger partial charge in [-0.1, -0.05) is 25.1 Å². The maximum absolute atomic E-state index is 12.8. The molecule has 2 heterocycles. The zero-order valence-corrected chi connectivity index (χ0v) is 15.0. The van der Waals surface area contributed by atoms with Crippen LogP contribution in [0.15, 0.2) is 30.3 Å². The summed E-state index contributed by atoms with van der Waals surface area (Å²) in [5.41, 5.74) is 1.28. The number of amides is 1. The number of carbonyl (C=O) groups excluding carboxylic acids is 1. The van der Waals surface area contributed by atoms with E-state index in [-0.39, 0.29) is 6.04 Å². The van der Waals surface area contributed by atoms with E-state index in [4.69, 9.17) is 0 Å². The van der Waals surface area contributed by atoms with Crippen molar-refractivity contribution >= 4 is 11.6 Å². The van der Waals surface area contributed by atoms with Crippen molar-refractivity contribution in [1.82, 2.24) is 14.7 Å². The predicted octanol–water partition coefficient (Wildman–Crippen LogP) is 1.36. The normalized spacial score (nSPS) is 21.8. The number of carbonyl (C=O) groups is 1. The highest BCUT2D eigenvalue weighted by Crippen LogP contribution is 2.17. The van der Waals surface area contributed by atoms with Crippen LogP contribution < -0.4 is 4.90 Å². The number of hydrogen-bond acceptors (Lipinski definition) is 4. The van der Waals surface area contributed by atoms with Gasteiger partial charge in [0.15, 0.2) is 0 Å². The van der Waals surface area contributed by atoms with E-state index in [2.05, 4.69) is 63.8 Å². The van der Waals surface area contributed by atoms with Crippen molar-refractivity contribution in [2.75, 3.05) is 63.8 Å². The molecule has 1 aromatic rings. The molecule has 1 atom stereocenters. The summed E-state index contributed by atoms with van der Waals surface area (Å²) in [7, 11) is 0. The number of benzene rings is 1. The fourth-order valence-electron chi connectivity index (χ4n) is 3.71. The Labute approximate surface area is 145 Å². The van der Waals surface area contributed by atoms with Crippen molar-refractivity contribution in [2.45, 2.75) is 19.9 Å². The molecule has 5 heteroatoms. The molecule has 132 valence electrons. The van der Waals surface area contributed by atoms with E-state index in [0.717, 1.165) is 58.9 Å². The molecule has 0 aromatic heterocycles. The molecule has 2 aliphatic heterocycles. The number of likely N-dealkylation sites (N-methyl/N-ethyl adjacent to an activating group) is 1. The molecule has 0 bridgehead atoms. The van der Waals surface area contributed by atoms with Crippen molar-refractivity contribution in [2.24, 2.45) is 0 Å². The topological polar surface area (TPSA) is 30.0 Å². The van der Waals surface area contributed by atoms with Crippen LogP contribution in [0.4, 0.5) is 5.69 Å². The number of hydrogen-bond donors (Lipinski definition) is 0. The molecule has 3 rings (SSSR count). The van der Waals surface area contributed by atoms with Gasteiger partial charge in [0.25, 0.3) is 0 Å². The van der Waals surface area contributed by atoms with Gasteiger partial charge in [0.05, 0.1) is 6.04 Å². The molecule has 1 unspecified atom stereocenters. The molecule has 0 aliphatic carbocycles. The van der Waals surface area contributed by atoms with Crippen LogP contribution in [-0.2, 0) is 4.79 Å². The summed E-state index contributed by atoms with van der Waals surface area (Å²) >= 11 is 0. The summed E-state index contributed by atoms with van der Waals surface area (Å²) in [4.78, 5) is 22.0. The summed E-state index contributed by atoms with van der Waals surface area (Å²) < 4.78 is 0. The maximum atomic E-state index is 12.8. The minimum Gasteiger partial charge on any atom is -0.369 e. The number of nitrogens with zero attached hydrogens (tertiary/aromatic N) is 4. The van der Waals surface area contributed by atoms with Crippen LogP contribution in [0.1, 0.15) is 13.8 Å². The molecular formula is C19H30N4O. The lowest BCUT2D eigenvalue weighted by atomic mass is 10.1. The van der Waals surface area contributed by atoms with Gasteiger partial charge in [-0.15, -0.1) is 0 Å². The monoisotopic (exact) mass is 330 g/mol. The quantitative estimate of drug-likeness (QED) is 0.834. The fraction of sp³-hybridized carbons (Fsp3) is 0.632. The van der Waals surface area contributed by atoms with Crippen LogP contribution >= 0.6 is 0 Å². The van der Waals surface area contributed by atoms with Crippen LogP contribution in [0.2, 0.25) is 0 Å². The van der Waals surface area contributed by atoms with Gasteiger partial charge in [0.2, 0.25) is 5.91 Å². The molecule has 5 nitrogen and oxygen atoms in total. The van der Waals surface area contributed by atoms with Gasteiger partial charge < -0.3 is 14.7 Å². The molecule has 0 N–H and O–H groups in total. The van der Waals surface area contributed by atoms with E-state index in [1.54, 1.807) is 0 Å². The summed E-state index contributed by atoms with van der Waals surface area (Å²) in [6.45, 7) is 13.0. The van der Waals surface area contributed by atoms with E-state index in [0.29, 0.717) is 5.91 Å². The molecule has 1 aromatic carbocycles. The highest BCUT2D eigenvalue weighted by molar-refractivity contribution is 5.81. The standard InChI is InChI=1S/C19H30N4O/c1-3-20-9-11-23(12-10-20)19(24)17(2)21-13-15-22(16-14-21)18-7-5-4-6-8-18/h4-8,17H,3,9-16H2,1-2H3. The average Bonchev–Trinajstić information content (AvgIpc) is 2.68. The minimum atomic E-state index is -0.00361. The zero-order valence-electron chi connectivity index (χ0n) is 15.0. The van der Waals surface area contributed by atoms with Gasteiger partial charge in [0, 0.05) is 58.0 Å². The molecule has 0 radical (unpaired) electrons. The van der Waals surface area contributed by atoms with Crippen molar-refractivity contribution in [3.05, 3.63) is 30.3 Å². The molecule has 0 saturated carbocycles. The Bertz CT molecular complexity index is 519. The number of para-hydroxylation sites is 1. The average molecular weight is 330 g/mol. The maximum Gasteiger partial charge on any atom is 0.239 e. The third kappa shape index (κ3) is 3.90. The third-order valence-corrected chi connectivity index (χ3v) is 5.47. The lowest BCUT2D eigenvalue weighted by Crippen LogP contribution is -2.57. The SMILES string of the molecule is CCN1CCN(C(=O)C(C)N2CCN(c3ccccc3)CC2)CC1. The number of piperazine rings is 2. The van der Waals surface area contributed by atoms with E-state index in [1.165, 1.54) is 5.69 Å². The summed E-state index contributed by atoms with van der Waals surface area (Å²) in [6.07, 6.45) is 0. The summed E-state index contributed by atoms with van der Waals surface area (Å²) in [6, 6.07) is 10.6. The lowest BCUT2D eigenvalue weighted by molar-refractivity contribution is -0.138. The smallest absolute Gasteiger partial charge is 0.239 e. The second-order valence-electron chi connectivity index (χ2n) is 6.79. The van der Waals surface area contributed by atoms with Gasteiger partial charge in [-0.05, 0) is 25.6 Å². The predicted molar refractivity (Wildman–Crippen MR) is 98.4 cm³/mol. The fourth-order valence-corrected chi connectivity index (χ4v) is 3.71. The second kappa shape index (κ2) is 7.99. The molecule has 2 fully saturated rings. The van der Waals surface area contributed by atoms with Crippen molar-refractivity contribution in [3.8, 4) is 0 Å². The van der Waals surface area contributed by atoms with E-state index in [9.17, 15) is 4.79 Å². The van der Waals surface area contributed by atoms with E-state index >= 15 is 0 Å².